The molecule has 9 nitrogen and oxygen atoms in total. The molecule has 2 heterocycles. The van der Waals surface area contributed by atoms with Crippen LogP contribution in [0.5, 0.6) is 0 Å². The number of nitrogens with zero attached hydrogens (tertiary/aromatic N) is 2. The second-order valence-electron chi connectivity index (χ2n) is 4.84. The van der Waals surface area contributed by atoms with Crippen LogP contribution < -0.4 is 16.6 Å². The lowest BCUT2D eigenvalue weighted by atomic mass is 10.2. The topological polar surface area (TPSA) is 134 Å². The molecule has 0 aliphatic heterocycles. The molecule has 122 valence electrons. The van der Waals surface area contributed by atoms with Gasteiger partial charge in [0.2, 0.25) is 0 Å². The second kappa shape index (κ2) is 6.16. The van der Waals surface area contributed by atoms with Crippen LogP contribution in [0.15, 0.2) is 15.8 Å². The van der Waals surface area contributed by atoms with Crippen molar-refractivity contribution in [3.8, 4) is 0 Å². The minimum absolute atomic E-state index is 0.0982. The van der Waals surface area contributed by atoms with Gasteiger partial charge in [-0.3, -0.25) is 14.2 Å². The fourth-order valence-corrected chi connectivity index (χ4v) is 2.77. The van der Waals surface area contributed by atoms with E-state index in [4.69, 9.17) is 5.11 Å². The van der Waals surface area contributed by atoms with Crippen LogP contribution in [-0.2, 0) is 7.05 Å². The molecule has 0 aromatic carbocycles. The number of rotatable bonds is 4. The van der Waals surface area contributed by atoms with Gasteiger partial charge in [-0.15, -0.1) is 11.3 Å². The Kier molecular flexibility index (Phi) is 4.45. The highest BCUT2D eigenvalue weighted by molar-refractivity contribution is 7.13. The fourth-order valence-electron chi connectivity index (χ4n) is 1.87. The van der Waals surface area contributed by atoms with Crippen LogP contribution in [-0.4, -0.2) is 31.5 Å². The number of hydrogen-bond acceptors (Lipinski definition) is 6. The number of aryl methyl sites for hydroxylation is 1. The Balaban J connectivity index is 2.25. The molecule has 2 aromatic rings. The molecule has 3 N–H and O–H groups in total. The van der Waals surface area contributed by atoms with Crippen molar-refractivity contribution >= 4 is 23.2 Å². The molecule has 0 bridgehead atoms. The lowest BCUT2D eigenvalue weighted by Crippen LogP contribution is -2.39. The molecule has 23 heavy (non-hydrogen) atoms. The number of carbonyl (C=O) groups is 2. The first kappa shape index (κ1) is 16.6. The van der Waals surface area contributed by atoms with E-state index < -0.39 is 29.2 Å². The van der Waals surface area contributed by atoms with E-state index in [0.29, 0.717) is 10.7 Å². The first-order valence-corrected chi connectivity index (χ1v) is 7.34. The van der Waals surface area contributed by atoms with Gasteiger partial charge in [0.15, 0.2) is 0 Å². The third-order valence-corrected chi connectivity index (χ3v) is 4.48. The van der Waals surface area contributed by atoms with E-state index >= 15 is 0 Å². The number of hydrogen-bond donors (Lipinski definition) is 3. The molecule has 2 aromatic heterocycles. The van der Waals surface area contributed by atoms with Crippen LogP contribution in [0.4, 0.5) is 0 Å². The van der Waals surface area contributed by atoms with Gasteiger partial charge in [0.1, 0.15) is 15.4 Å². The van der Waals surface area contributed by atoms with Crippen molar-refractivity contribution in [1.29, 1.82) is 0 Å². The van der Waals surface area contributed by atoms with Crippen LogP contribution in [0.2, 0.25) is 0 Å². The number of amides is 1. The van der Waals surface area contributed by atoms with E-state index in [1.807, 2.05) is 0 Å². The standard InChI is InChI=1S/C13H14N4O5S/c1-5-8(12(20)21)23-10(16-5)6(2)15-9(18)7-4-14-13(22)17(3)11(7)19/h4,6H,1-3H3,(H,14,22)(H,15,18)(H,20,21). The largest absolute Gasteiger partial charge is 0.477 e. The highest BCUT2D eigenvalue weighted by Crippen LogP contribution is 2.23. The van der Waals surface area contributed by atoms with Crippen LogP contribution >= 0.6 is 11.3 Å². The number of thiazole rings is 1. The maximum Gasteiger partial charge on any atom is 0.347 e. The van der Waals surface area contributed by atoms with Gasteiger partial charge in [0.05, 0.1) is 11.7 Å². The normalized spacial score (nSPS) is 12.0. The molecule has 1 atom stereocenters. The summed E-state index contributed by atoms with van der Waals surface area (Å²) in [5, 5.41) is 12.0. The van der Waals surface area contributed by atoms with Gasteiger partial charge in [-0.1, -0.05) is 0 Å². The SMILES string of the molecule is Cc1nc(C(C)NC(=O)c2c[nH]c(=O)n(C)c2=O)sc1C(=O)O. The predicted octanol–water partition coefficient (Wildman–Crippen LogP) is 0.0277. The molecule has 0 radical (unpaired) electrons. The highest BCUT2D eigenvalue weighted by atomic mass is 32.1. The molecule has 0 fully saturated rings. The molecule has 10 heteroatoms. The Morgan fingerprint density at radius 3 is 2.65 bits per heavy atom. The molecule has 1 amide bonds. The quantitative estimate of drug-likeness (QED) is 0.720. The van der Waals surface area contributed by atoms with Crippen molar-refractivity contribution in [2.24, 2.45) is 7.05 Å². The number of aromatic carboxylic acids is 1. The molecule has 1 unspecified atom stereocenters. The van der Waals surface area contributed by atoms with Gasteiger partial charge in [-0.2, -0.15) is 0 Å². The number of carboxylic acids is 1. The van der Waals surface area contributed by atoms with Gasteiger partial charge < -0.3 is 15.4 Å². The minimum Gasteiger partial charge on any atom is -0.477 e. The Morgan fingerprint density at radius 2 is 2.09 bits per heavy atom. The third-order valence-electron chi connectivity index (χ3n) is 3.15. The Labute approximate surface area is 133 Å². The highest BCUT2D eigenvalue weighted by Gasteiger charge is 2.21. The minimum atomic E-state index is -1.08. The maximum absolute atomic E-state index is 12.2. The molecule has 0 saturated carbocycles. The van der Waals surface area contributed by atoms with E-state index in [1.54, 1.807) is 13.8 Å². The van der Waals surface area contributed by atoms with Crippen molar-refractivity contribution < 1.29 is 14.7 Å². The maximum atomic E-state index is 12.2. The number of H-pyrrole nitrogens is 1. The van der Waals surface area contributed by atoms with Crippen molar-refractivity contribution in [2.45, 2.75) is 19.9 Å². The van der Waals surface area contributed by atoms with Gasteiger partial charge >= 0.3 is 11.7 Å². The van der Waals surface area contributed by atoms with E-state index in [0.717, 1.165) is 22.1 Å². The van der Waals surface area contributed by atoms with Crippen LogP contribution in [0.25, 0.3) is 0 Å². The monoisotopic (exact) mass is 338 g/mol. The Morgan fingerprint density at radius 1 is 1.43 bits per heavy atom. The second-order valence-corrected chi connectivity index (χ2v) is 5.87. The fraction of sp³-hybridized carbons (Fsp3) is 0.308. The van der Waals surface area contributed by atoms with Gasteiger partial charge in [-0.05, 0) is 13.8 Å². The zero-order valence-electron chi connectivity index (χ0n) is 12.5. The summed E-state index contributed by atoms with van der Waals surface area (Å²) in [5.41, 5.74) is -1.20. The first-order chi connectivity index (χ1) is 10.7. The molecule has 0 spiro atoms. The summed E-state index contributed by atoms with van der Waals surface area (Å²) in [4.78, 5) is 52.8. The van der Waals surface area contributed by atoms with Crippen LogP contribution in [0.1, 0.15) is 43.7 Å². The lowest BCUT2D eigenvalue weighted by molar-refractivity contribution is 0.0701. The lowest BCUT2D eigenvalue weighted by Gasteiger charge is -2.11. The third kappa shape index (κ3) is 3.21. The summed E-state index contributed by atoms with van der Waals surface area (Å²) >= 11 is 0.956. The summed E-state index contributed by atoms with van der Waals surface area (Å²) in [5.74, 6) is -1.77. The number of aromatic amines is 1. The van der Waals surface area contributed by atoms with E-state index in [9.17, 15) is 19.2 Å². The summed E-state index contributed by atoms with van der Waals surface area (Å²) in [7, 11) is 1.25. The van der Waals surface area contributed by atoms with Crippen molar-refractivity contribution in [3.05, 3.63) is 48.2 Å². The van der Waals surface area contributed by atoms with Crippen LogP contribution in [0.3, 0.4) is 0 Å². The summed E-state index contributed by atoms with van der Waals surface area (Å²) in [6, 6.07) is -0.587. The average molecular weight is 338 g/mol. The van der Waals surface area contributed by atoms with Gasteiger partial charge in [-0.25, -0.2) is 14.6 Å². The molecule has 0 aliphatic rings. The molecule has 0 saturated heterocycles. The number of aromatic nitrogens is 3. The van der Waals surface area contributed by atoms with Gasteiger partial charge in [0, 0.05) is 13.2 Å². The van der Waals surface area contributed by atoms with Crippen molar-refractivity contribution in [3.63, 3.8) is 0 Å². The first-order valence-electron chi connectivity index (χ1n) is 6.52. The Bertz CT molecular complexity index is 895. The average Bonchev–Trinajstić information content (AvgIpc) is 2.87. The summed E-state index contributed by atoms with van der Waals surface area (Å²) < 4.78 is 0.787. The number of carbonyl (C=O) groups excluding carboxylic acids is 1. The zero-order valence-corrected chi connectivity index (χ0v) is 13.4. The molecular formula is C13H14N4O5S. The molecule has 0 aliphatic carbocycles. The van der Waals surface area contributed by atoms with Gasteiger partial charge in [0.25, 0.3) is 11.5 Å². The van der Waals surface area contributed by atoms with Crippen LogP contribution in [0, 0.1) is 6.92 Å². The number of nitrogens with one attached hydrogen (secondary N) is 2. The van der Waals surface area contributed by atoms with E-state index in [-0.39, 0.29) is 10.4 Å². The van der Waals surface area contributed by atoms with Crippen molar-refractivity contribution in [1.82, 2.24) is 19.9 Å². The Hall–Kier alpha value is -2.75. The van der Waals surface area contributed by atoms with E-state index in [2.05, 4.69) is 15.3 Å². The van der Waals surface area contributed by atoms with E-state index in [1.165, 1.54) is 7.05 Å². The summed E-state index contributed by atoms with van der Waals surface area (Å²) in [6.07, 6.45) is 1.04. The molecule has 2 rings (SSSR count). The molecular weight excluding hydrogens is 324 g/mol. The predicted molar refractivity (Wildman–Crippen MR) is 82.0 cm³/mol. The smallest absolute Gasteiger partial charge is 0.347 e. The zero-order chi connectivity index (χ0) is 17.3. The number of carboxylic acid groups (broad SMARTS) is 1. The summed E-state index contributed by atoms with van der Waals surface area (Å²) in [6.45, 7) is 3.19. The van der Waals surface area contributed by atoms with Crippen molar-refractivity contribution in [2.75, 3.05) is 0 Å².